The van der Waals surface area contributed by atoms with E-state index in [0.717, 1.165) is 28.9 Å². The Balaban J connectivity index is 1.25. The number of nitrogens with zero attached hydrogens (tertiary/aromatic N) is 1. The monoisotopic (exact) mass is 389 g/mol. The van der Waals surface area contributed by atoms with Gasteiger partial charge in [-0.2, -0.15) is 0 Å². The van der Waals surface area contributed by atoms with E-state index in [9.17, 15) is 14.4 Å². The first kappa shape index (κ1) is 16.8. The van der Waals surface area contributed by atoms with Crippen molar-refractivity contribution in [1.82, 2.24) is 4.90 Å². The van der Waals surface area contributed by atoms with Gasteiger partial charge in [-0.1, -0.05) is 24.3 Å². The fourth-order valence-corrected chi connectivity index (χ4v) is 9.00. The third kappa shape index (κ3) is 2.08. The average molecular weight is 389 g/mol. The zero-order valence-electron chi connectivity index (χ0n) is 16.7. The van der Waals surface area contributed by atoms with Crippen LogP contribution in [0.3, 0.4) is 0 Å². The van der Waals surface area contributed by atoms with Crippen LogP contribution < -0.4 is 0 Å². The van der Waals surface area contributed by atoms with Crippen LogP contribution in [-0.4, -0.2) is 29.0 Å². The van der Waals surface area contributed by atoms with E-state index in [1.165, 1.54) is 38.5 Å². The van der Waals surface area contributed by atoms with Gasteiger partial charge in [0.25, 0.3) is 0 Å². The van der Waals surface area contributed by atoms with Crippen molar-refractivity contribution in [1.29, 1.82) is 0 Å². The molecule has 8 aliphatic rings. The molecule has 150 valence electrons. The fourth-order valence-electron chi connectivity index (χ4n) is 9.00. The van der Waals surface area contributed by atoms with Crippen LogP contribution in [0.1, 0.15) is 67.9 Å². The van der Waals surface area contributed by atoms with E-state index >= 15 is 0 Å². The highest BCUT2D eigenvalue weighted by Crippen LogP contribution is 2.62. The molecule has 7 aliphatic carbocycles. The van der Waals surface area contributed by atoms with Gasteiger partial charge in [0.1, 0.15) is 5.78 Å². The summed E-state index contributed by atoms with van der Waals surface area (Å²) < 4.78 is 0. The predicted molar refractivity (Wildman–Crippen MR) is 106 cm³/mol. The van der Waals surface area contributed by atoms with Crippen molar-refractivity contribution in [3.63, 3.8) is 0 Å². The Kier molecular flexibility index (Phi) is 3.12. The van der Waals surface area contributed by atoms with E-state index in [4.69, 9.17) is 0 Å². The summed E-state index contributed by atoms with van der Waals surface area (Å²) in [6, 6.07) is 8.01. The highest BCUT2D eigenvalue weighted by atomic mass is 16.2. The number of Topliss-reactive ketones (excluding diaryl/α,β-unsaturated/α-hetero) is 1. The summed E-state index contributed by atoms with van der Waals surface area (Å²) in [5.74, 6) is 1.28. The Morgan fingerprint density at radius 2 is 1.41 bits per heavy atom. The topological polar surface area (TPSA) is 54.5 Å². The van der Waals surface area contributed by atoms with Crippen molar-refractivity contribution in [2.75, 3.05) is 6.54 Å². The summed E-state index contributed by atoms with van der Waals surface area (Å²) in [5.41, 5.74) is 2.30. The van der Waals surface area contributed by atoms with Gasteiger partial charge in [-0.3, -0.25) is 19.3 Å². The SMILES string of the molecule is O=C1C[C@H]2c3ccccc3[C@H]1[C@@H]1C(=O)N(CC34CC5CC(CC(C5)C3)C4)C(=O)[C@@H]12. The van der Waals surface area contributed by atoms with E-state index in [1.54, 1.807) is 4.90 Å². The lowest BCUT2D eigenvalue weighted by Crippen LogP contribution is -2.52. The first-order valence-electron chi connectivity index (χ1n) is 11.5. The normalized spacial score (nSPS) is 46.4. The zero-order chi connectivity index (χ0) is 19.5. The maximum atomic E-state index is 13.6. The quantitative estimate of drug-likeness (QED) is 0.726. The van der Waals surface area contributed by atoms with Crippen LogP contribution in [0.15, 0.2) is 24.3 Å². The van der Waals surface area contributed by atoms with Gasteiger partial charge in [0.05, 0.1) is 17.8 Å². The molecular weight excluding hydrogens is 362 g/mol. The molecule has 1 aromatic rings. The Morgan fingerprint density at radius 1 is 0.828 bits per heavy atom. The van der Waals surface area contributed by atoms with E-state index in [-0.39, 0.29) is 34.8 Å². The van der Waals surface area contributed by atoms with Crippen molar-refractivity contribution >= 4 is 17.6 Å². The molecule has 1 saturated heterocycles. The number of fused-ring (bicyclic) bond motifs is 1. The van der Waals surface area contributed by atoms with Crippen LogP contribution in [-0.2, 0) is 14.4 Å². The van der Waals surface area contributed by atoms with Crippen LogP contribution >= 0.6 is 0 Å². The number of hydrogen-bond acceptors (Lipinski definition) is 3. The van der Waals surface area contributed by atoms with Gasteiger partial charge in [0, 0.05) is 18.9 Å². The second-order valence-corrected chi connectivity index (χ2v) is 11.1. The van der Waals surface area contributed by atoms with Crippen molar-refractivity contribution in [2.45, 2.75) is 56.8 Å². The van der Waals surface area contributed by atoms with Crippen molar-refractivity contribution in [3.8, 4) is 0 Å². The van der Waals surface area contributed by atoms with Crippen molar-refractivity contribution in [3.05, 3.63) is 35.4 Å². The number of rotatable bonds is 2. The summed E-state index contributed by atoms with van der Waals surface area (Å²) >= 11 is 0. The molecule has 0 spiro atoms. The summed E-state index contributed by atoms with van der Waals surface area (Å²) in [4.78, 5) is 41.6. The largest absolute Gasteiger partial charge is 0.299 e. The van der Waals surface area contributed by atoms with E-state index in [0.29, 0.717) is 13.0 Å². The summed E-state index contributed by atoms with van der Waals surface area (Å²) in [5, 5.41) is 0. The Morgan fingerprint density at radius 3 is 2.07 bits per heavy atom. The first-order chi connectivity index (χ1) is 14.0. The third-order valence-electron chi connectivity index (χ3n) is 9.44. The van der Waals surface area contributed by atoms with Gasteiger partial charge in [0.2, 0.25) is 11.8 Å². The second kappa shape index (κ2) is 5.39. The number of ketones is 1. The molecule has 9 rings (SSSR count). The van der Waals surface area contributed by atoms with Gasteiger partial charge in [-0.25, -0.2) is 0 Å². The molecule has 6 bridgehead atoms. The Hall–Kier alpha value is -1.97. The number of carbonyl (C=O) groups excluding carboxylic acids is 3. The van der Waals surface area contributed by atoms with Crippen LogP contribution in [0, 0.1) is 35.0 Å². The molecule has 6 fully saturated rings. The molecular formula is C25H27NO3. The highest BCUT2D eigenvalue weighted by Gasteiger charge is 2.63. The molecule has 1 aliphatic heterocycles. The summed E-state index contributed by atoms with van der Waals surface area (Å²) in [6.07, 6.45) is 8.08. The summed E-state index contributed by atoms with van der Waals surface area (Å²) in [7, 11) is 0. The number of likely N-dealkylation sites (tertiary alicyclic amines) is 1. The van der Waals surface area contributed by atoms with E-state index in [2.05, 4.69) is 6.07 Å². The molecule has 5 saturated carbocycles. The number of benzene rings is 1. The second-order valence-electron chi connectivity index (χ2n) is 11.1. The Bertz CT molecular complexity index is 929. The number of imide groups is 1. The fraction of sp³-hybridized carbons (Fsp3) is 0.640. The van der Waals surface area contributed by atoms with Crippen LogP contribution in [0.25, 0.3) is 0 Å². The maximum Gasteiger partial charge on any atom is 0.234 e. The third-order valence-corrected chi connectivity index (χ3v) is 9.44. The predicted octanol–water partition coefficient (Wildman–Crippen LogP) is 3.66. The smallest absolute Gasteiger partial charge is 0.234 e. The number of hydrogen-bond donors (Lipinski definition) is 0. The van der Waals surface area contributed by atoms with Gasteiger partial charge < -0.3 is 0 Å². The minimum absolute atomic E-state index is 0.0211. The number of amides is 2. The van der Waals surface area contributed by atoms with Gasteiger partial charge in [-0.05, 0) is 72.8 Å². The van der Waals surface area contributed by atoms with E-state index < -0.39 is 11.8 Å². The minimum Gasteiger partial charge on any atom is -0.299 e. The number of carbonyl (C=O) groups is 3. The van der Waals surface area contributed by atoms with Gasteiger partial charge in [0.15, 0.2) is 0 Å². The van der Waals surface area contributed by atoms with Gasteiger partial charge in [-0.15, -0.1) is 0 Å². The molecule has 0 N–H and O–H groups in total. The van der Waals surface area contributed by atoms with Crippen LogP contribution in [0.2, 0.25) is 0 Å². The van der Waals surface area contributed by atoms with E-state index in [1.807, 2.05) is 18.2 Å². The highest BCUT2D eigenvalue weighted by molar-refractivity contribution is 6.11. The molecule has 1 heterocycles. The van der Waals surface area contributed by atoms with Crippen LogP contribution in [0.5, 0.6) is 0 Å². The molecule has 0 unspecified atom stereocenters. The lowest BCUT2D eigenvalue weighted by molar-refractivity contribution is -0.146. The van der Waals surface area contributed by atoms with Crippen molar-refractivity contribution < 1.29 is 14.4 Å². The first-order valence-corrected chi connectivity index (χ1v) is 11.5. The summed E-state index contributed by atoms with van der Waals surface area (Å²) in [6.45, 7) is 0.616. The molecule has 4 heteroatoms. The van der Waals surface area contributed by atoms with Crippen molar-refractivity contribution in [2.24, 2.45) is 35.0 Å². The van der Waals surface area contributed by atoms with Gasteiger partial charge >= 0.3 is 0 Å². The lowest BCUT2D eigenvalue weighted by atomic mass is 9.49. The molecule has 0 aromatic heterocycles. The standard InChI is InChI=1S/C25H27NO3/c27-19-8-18-16-3-1-2-4-17(16)20(19)22-21(18)23(28)26(24(22)29)12-25-9-13-5-14(10-25)7-15(6-13)11-25/h1-4,13-15,18,20-22H,5-12H2/t13?,14?,15?,18-,20+,21+,22-,25?/m0/s1. The Labute approximate surface area is 171 Å². The zero-order valence-corrected chi connectivity index (χ0v) is 16.7. The molecule has 0 radical (unpaired) electrons. The minimum atomic E-state index is -0.447. The molecule has 29 heavy (non-hydrogen) atoms. The lowest BCUT2D eigenvalue weighted by Gasteiger charge is -2.57. The maximum absolute atomic E-state index is 13.6. The molecule has 1 aromatic carbocycles. The molecule has 4 atom stereocenters. The molecule has 2 amide bonds. The average Bonchev–Trinajstić information content (AvgIpc) is 2.93. The van der Waals surface area contributed by atoms with Crippen LogP contribution in [0.4, 0.5) is 0 Å². The molecule has 4 nitrogen and oxygen atoms in total.